The predicted molar refractivity (Wildman–Crippen MR) is 112 cm³/mol. The summed E-state index contributed by atoms with van der Waals surface area (Å²) in [6.45, 7) is 1.96. The molecule has 0 bridgehead atoms. The number of carbonyl (C=O) groups is 1. The highest BCUT2D eigenvalue weighted by Gasteiger charge is 2.29. The highest BCUT2D eigenvalue weighted by Crippen LogP contribution is 2.26. The van der Waals surface area contributed by atoms with Gasteiger partial charge in [0, 0.05) is 43.6 Å². The van der Waals surface area contributed by atoms with Crippen LogP contribution in [0.1, 0.15) is 12.0 Å². The van der Waals surface area contributed by atoms with E-state index in [0.717, 1.165) is 35.5 Å². The van der Waals surface area contributed by atoms with E-state index in [1.165, 1.54) is 6.33 Å². The Morgan fingerprint density at radius 3 is 3.03 bits per heavy atom. The molecule has 1 amide bonds. The van der Waals surface area contributed by atoms with Crippen molar-refractivity contribution in [1.29, 1.82) is 0 Å². The average Bonchev–Trinajstić information content (AvgIpc) is 3.14. The number of anilines is 2. The quantitative estimate of drug-likeness (QED) is 0.555. The first-order chi connectivity index (χ1) is 14.5. The first kappa shape index (κ1) is 19.9. The van der Waals surface area contributed by atoms with Crippen molar-refractivity contribution in [3.63, 3.8) is 0 Å². The fourth-order valence-electron chi connectivity index (χ4n) is 3.73. The molecule has 1 aromatic carbocycles. The average molecular weight is 411 g/mol. The molecule has 1 saturated heterocycles. The Hall–Kier alpha value is -3.37. The molecular formula is C20H25N7O3. The van der Waals surface area contributed by atoms with E-state index in [0.29, 0.717) is 18.9 Å². The van der Waals surface area contributed by atoms with Gasteiger partial charge < -0.3 is 26.3 Å². The zero-order chi connectivity index (χ0) is 21.1. The summed E-state index contributed by atoms with van der Waals surface area (Å²) in [6, 6.07) is 9.44. The molecule has 2 unspecified atom stereocenters. The van der Waals surface area contributed by atoms with Gasteiger partial charge in [-0.15, -0.1) is 0 Å². The Kier molecular flexibility index (Phi) is 5.68. The summed E-state index contributed by atoms with van der Waals surface area (Å²) in [5.41, 5.74) is 14.1. The van der Waals surface area contributed by atoms with Gasteiger partial charge >= 0.3 is 6.09 Å². The number of nitrogens with one attached hydrogen (secondary N) is 1. The summed E-state index contributed by atoms with van der Waals surface area (Å²) < 4.78 is 12.3. The number of ether oxygens (including phenoxy) is 2. The van der Waals surface area contributed by atoms with Crippen molar-refractivity contribution in [2.75, 3.05) is 25.5 Å². The molecular weight excluding hydrogens is 386 g/mol. The second-order valence-electron chi connectivity index (χ2n) is 7.26. The van der Waals surface area contributed by atoms with E-state index in [1.807, 2.05) is 36.5 Å². The van der Waals surface area contributed by atoms with Gasteiger partial charge in [-0.2, -0.15) is 5.10 Å². The van der Waals surface area contributed by atoms with Crippen molar-refractivity contribution < 1.29 is 14.3 Å². The number of aromatic nitrogens is 3. The predicted octanol–water partition coefficient (Wildman–Crippen LogP) is 1.48. The van der Waals surface area contributed by atoms with Crippen molar-refractivity contribution in [3.8, 4) is 5.75 Å². The van der Waals surface area contributed by atoms with Crippen molar-refractivity contribution in [2.45, 2.75) is 25.1 Å². The molecule has 3 aromatic rings. The van der Waals surface area contributed by atoms with Gasteiger partial charge in [0.2, 0.25) is 0 Å². The minimum atomic E-state index is -0.801. The molecule has 1 fully saturated rings. The van der Waals surface area contributed by atoms with Crippen LogP contribution >= 0.6 is 0 Å². The summed E-state index contributed by atoms with van der Waals surface area (Å²) in [5.74, 6) is 1.45. The van der Waals surface area contributed by atoms with E-state index in [9.17, 15) is 4.79 Å². The molecule has 2 aromatic heterocycles. The molecule has 0 spiro atoms. The lowest BCUT2D eigenvalue weighted by Crippen LogP contribution is -2.52. The summed E-state index contributed by atoms with van der Waals surface area (Å²) in [7, 11) is 1.63. The van der Waals surface area contributed by atoms with Gasteiger partial charge in [0.25, 0.3) is 0 Å². The number of benzene rings is 1. The number of primary amides is 1. The van der Waals surface area contributed by atoms with Crippen LogP contribution < -0.4 is 21.5 Å². The largest absolute Gasteiger partial charge is 0.497 e. The second kappa shape index (κ2) is 8.56. The number of piperidine rings is 1. The molecule has 0 aliphatic carbocycles. The van der Waals surface area contributed by atoms with Crippen LogP contribution in [0, 0.1) is 0 Å². The summed E-state index contributed by atoms with van der Waals surface area (Å²) in [5, 5.41) is 7.66. The van der Waals surface area contributed by atoms with E-state index in [4.69, 9.17) is 20.9 Å². The molecule has 1 aliphatic rings. The zero-order valence-electron chi connectivity index (χ0n) is 16.7. The van der Waals surface area contributed by atoms with E-state index in [-0.39, 0.29) is 6.04 Å². The number of nitrogens with two attached hydrogens (primary N) is 2. The Balaban J connectivity index is 1.57. The second-order valence-corrected chi connectivity index (χ2v) is 7.26. The number of nitrogens with zero attached hydrogens (tertiary/aromatic N) is 4. The van der Waals surface area contributed by atoms with Gasteiger partial charge in [-0.25, -0.2) is 14.3 Å². The van der Waals surface area contributed by atoms with Crippen molar-refractivity contribution in [2.24, 2.45) is 11.5 Å². The fourth-order valence-corrected chi connectivity index (χ4v) is 3.73. The lowest BCUT2D eigenvalue weighted by atomic mass is 10.0. The minimum Gasteiger partial charge on any atom is -0.497 e. The van der Waals surface area contributed by atoms with Crippen LogP contribution in [0.2, 0.25) is 0 Å². The number of fused-ring (bicyclic) bond motifs is 1. The van der Waals surface area contributed by atoms with Crippen LogP contribution in [0.3, 0.4) is 0 Å². The Morgan fingerprint density at radius 2 is 2.23 bits per heavy atom. The van der Waals surface area contributed by atoms with Crippen LogP contribution in [-0.2, 0) is 11.3 Å². The first-order valence-corrected chi connectivity index (χ1v) is 9.70. The van der Waals surface area contributed by atoms with Gasteiger partial charge in [-0.1, -0.05) is 6.07 Å². The minimum absolute atomic E-state index is 0.215. The van der Waals surface area contributed by atoms with E-state index in [1.54, 1.807) is 11.6 Å². The number of amides is 1. The number of methoxy groups -OCH3 is 1. The number of carbonyl (C=O) groups excluding carboxylic acids is 1. The normalized spacial score (nSPS) is 19.5. The van der Waals surface area contributed by atoms with Crippen LogP contribution in [0.15, 0.2) is 42.9 Å². The molecule has 4 rings (SSSR count). The van der Waals surface area contributed by atoms with Gasteiger partial charge in [0.15, 0.2) is 5.82 Å². The third-order valence-corrected chi connectivity index (χ3v) is 5.23. The lowest BCUT2D eigenvalue weighted by Gasteiger charge is -2.35. The summed E-state index contributed by atoms with van der Waals surface area (Å²) >= 11 is 0. The standard InChI is InChI=1S/C20H25N7O3/c1-29-15-4-2-3-14(9-15)25-19-18-13(5-8-27(18)24-12-23-19)10-26-7-6-16(21)17(11-26)30-20(22)28/h2-5,8-9,12,16-17H,6-7,10-11,21H2,1H3,(H2,22,28)(H,23,24,25). The maximum atomic E-state index is 11.2. The van der Waals surface area contributed by atoms with Crippen molar-refractivity contribution >= 4 is 23.1 Å². The van der Waals surface area contributed by atoms with Gasteiger partial charge in [-0.05, 0) is 30.2 Å². The van der Waals surface area contributed by atoms with Crippen LogP contribution in [0.5, 0.6) is 5.75 Å². The number of hydrogen-bond donors (Lipinski definition) is 3. The molecule has 2 atom stereocenters. The molecule has 1 aliphatic heterocycles. The highest BCUT2D eigenvalue weighted by atomic mass is 16.6. The van der Waals surface area contributed by atoms with Crippen LogP contribution in [0.4, 0.5) is 16.3 Å². The molecule has 5 N–H and O–H groups in total. The third-order valence-electron chi connectivity index (χ3n) is 5.23. The SMILES string of the molecule is COc1cccc(Nc2ncnn3ccc(CN4CCC(N)C(OC(N)=O)C4)c23)c1. The van der Waals surface area contributed by atoms with Crippen LogP contribution in [0.25, 0.3) is 5.52 Å². The Bertz CT molecular complexity index is 1040. The maximum absolute atomic E-state index is 11.2. The molecule has 10 nitrogen and oxygen atoms in total. The van der Waals surface area contributed by atoms with Crippen molar-refractivity contribution in [3.05, 3.63) is 48.4 Å². The molecule has 3 heterocycles. The Labute approximate surface area is 173 Å². The zero-order valence-corrected chi connectivity index (χ0v) is 16.7. The van der Waals surface area contributed by atoms with E-state index >= 15 is 0 Å². The summed E-state index contributed by atoms with van der Waals surface area (Å²) in [6.07, 6.45) is 2.90. The smallest absolute Gasteiger partial charge is 0.404 e. The third kappa shape index (κ3) is 4.29. The van der Waals surface area contributed by atoms with Crippen molar-refractivity contribution in [1.82, 2.24) is 19.5 Å². The topological polar surface area (TPSA) is 133 Å². The maximum Gasteiger partial charge on any atom is 0.404 e. The monoisotopic (exact) mass is 411 g/mol. The number of rotatable bonds is 6. The molecule has 0 saturated carbocycles. The molecule has 10 heteroatoms. The van der Waals surface area contributed by atoms with Gasteiger partial charge in [0.05, 0.1) is 7.11 Å². The van der Waals surface area contributed by atoms with E-state index in [2.05, 4.69) is 20.3 Å². The van der Waals surface area contributed by atoms with Crippen LogP contribution in [-0.4, -0.2) is 57.9 Å². The molecule has 30 heavy (non-hydrogen) atoms. The van der Waals surface area contributed by atoms with E-state index < -0.39 is 12.2 Å². The Morgan fingerprint density at radius 1 is 1.37 bits per heavy atom. The van der Waals surface area contributed by atoms with Gasteiger partial charge in [0.1, 0.15) is 23.7 Å². The highest BCUT2D eigenvalue weighted by molar-refractivity contribution is 5.76. The van der Waals surface area contributed by atoms with Gasteiger partial charge in [-0.3, -0.25) is 4.90 Å². The fraction of sp³-hybridized carbons (Fsp3) is 0.350. The number of hydrogen-bond acceptors (Lipinski definition) is 8. The molecule has 158 valence electrons. The first-order valence-electron chi connectivity index (χ1n) is 9.70. The number of likely N-dealkylation sites (tertiary alicyclic amines) is 1. The lowest BCUT2D eigenvalue weighted by molar-refractivity contribution is 0.0313. The molecule has 0 radical (unpaired) electrons. The summed E-state index contributed by atoms with van der Waals surface area (Å²) in [4.78, 5) is 17.8.